The van der Waals surface area contributed by atoms with Gasteiger partial charge < -0.3 is 19.7 Å². The third kappa shape index (κ3) is 8.67. The first-order chi connectivity index (χ1) is 22.2. The number of rotatable bonds is 15. The van der Waals surface area contributed by atoms with Crippen LogP contribution < -0.4 is 19.1 Å². The summed E-state index contributed by atoms with van der Waals surface area (Å²) in [5, 5.41) is 2.95. The molecule has 0 radical (unpaired) electrons. The summed E-state index contributed by atoms with van der Waals surface area (Å²) in [6, 6.07) is 28.5. The Morgan fingerprint density at radius 1 is 0.848 bits per heavy atom. The van der Waals surface area contributed by atoms with Crippen LogP contribution in [0.4, 0.5) is 5.69 Å². The van der Waals surface area contributed by atoms with Gasteiger partial charge in [-0.15, -0.1) is 0 Å². The summed E-state index contributed by atoms with van der Waals surface area (Å²) in [5.41, 5.74) is 1.82. The predicted octanol–water partition coefficient (Wildman–Crippen LogP) is 5.83. The van der Waals surface area contributed by atoms with Gasteiger partial charge in [0.2, 0.25) is 11.8 Å². The van der Waals surface area contributed by atoms with Crippen molar-refractivity contribution in [1.29, 1.82) is 0 Å². The Kier molecular flexibility index (Phi) is 12.2. The Morgan fingerprint density at radius 2 is 1.52 bits per heavy atom. The first-order valence-electron chi connectivity index (χ1n) is 14.8. The zero-order chi connectivity index (χ0) is 33.1. The van der Waals surface area contributed by atoms with Crippen molar-refractivity contribution in [2.75, 3.05) is 31.6 Å². The molecule has 11 heteroatoms. The second-order valence-electron chi connectivity index (χ2n) is 10.5. The van der Waals surface area contributed by atoms with Gasteiger partial charge in [0, 0.05) is 24.0 Å². The zero-order valence-corrected chi connectivity index (χ0v) is 28.5. The van der Waals surface area contributed by atoms with E-state index in [9.17, 15) is 18.0 Å². The zero-order valence-electron chi connectivity index (χ0n) is 26.1. The van der Waals surface area contributed by atoms with E-state index < -0.39 is 28.5 Å². The molecule has 0 aliphatic heterocycles. The molecule has 1 N–H and O–H groups in total. The van der Waals surface area contributed by atoms with Gasteiger partial charge in [-0.3, -0.25) is 13.9 Å². The van der Waals surface area contributed by atoms with E-state index in [2.05, 4.69) is 21.2 Å². The van der Waals surface area contributed by atoms with Gasteiger partial charge in [-0.25, -0.2) is 8.42 Å². The molecule has 4 rings (SSSR count). The van der Waals surface area contributed by atoms with Gasteiger partial charge >= 0.3 is 0 Å². The lowest BCUT2D eigenvalue weighted by molar-refractivity contribution is -0.140. The molecule has 46 heavy (non-hydrogen) atoms. The summed E-state index contributed by atoms with van der Waals surface area (Å²) in [4.78, 5) is 29.8. The average molecular weight is 709 g/mol. The summed E-state index contributed by atoms with van der Waals surface area (Å²) in [7, 11) is -1.37. The molecular weight excluding hydrogens is 670 g/mol. The lowest BCUT2D eigenvalue weighted by atomic mass is 10.0. The maximum absolute atomic E-state index is 14.6. The molecule has 0 heterocycles. The number of nitrogens with one attached hydrogen (secondary N) is 1. The second-order valence-corrected chi connectivity index (χ2v) is 13.3. The van der Waals surface area contributed by atoms with Crippen molar-refractivity contribution in [3.63, 3.8) is 0 Å². The topological polar surface area (TPSA) is 105 Å². The quantitative estimate of drug-likeness (QED) is 0.167. The van der Waals surface area contributed by atoms with Gasteiger partial charge in [0.05, 0.1) is 24.8 Å². The maximum Gasteiger partial charge on any atom is 0.264 e. The van der Waals surface area contributed by atoms with Crippen LogP contribution in [0.3, 0.4) is 0 Å². The highest BCUT2D eigenvalue weighted by molar-refractivity contribution is 9.10. The maximum atomic E-state index is 14.6. The van der Waals surface area contributed by atoms with Gasteiger partial charge in [-0.05, 0) is 66.1 Å². The van der Waals surface area contributed by atoms with Crippen molar-refractivity contribution in [2.45, 2.75) is 37.2 Å². The van der Waals surface area contributed by atoms with Crippen molar-refractivity contribution in [3.8, 4) is 11.5 Å². The fourth-order valence-electron chi connectivity index (χ4n) is 4.98. The molecule has 9 nitrogen and oxygen atoms in total. The lowest BCUT2D eigenvalue weighted by Crippen LogP contribution is -2.53. The third-order valence-electron chi connectivity index (χ3n) is 7.34. The van der Waals surface area contributed by atoms with E-state index in [1.165, 1.54) is 31.3 Å². The molecule has 1 atom stereocenters. The van der Waals surface area contributed by atoms with Crippen LogP contribution >= 0.6 is 15.9 Å². The van der Waals surface area contributed by atoms with E-state index in [0.29, 0.717) is 18.7 Å². The van der Waals surface area contributed by atoms with Crippen LogP contribution in [0.1, 0.15) is 24.5 Å². The smallest absolute Gasteiger partial charge is 0.264 e. The summed E-state index contributed by atoms with van der Waals surface area (Å²) in [6.07, 6.45) is 0.946. The minimum absolute atomic E-state index is 0.0351. The Balaban J connectivity index is 1.82. The van der Waals surface area contributed by atoms with Crippen LogP contribution in [0.5, 0.6) is 11.5 Å². The van der Waals surface area contributed by atoms with Crippen LogP contribution in [-0.2, 0) is 32.6 Å². The number of carbonyl (C=O) groups is 2. The van der Waals surface area contributed by atoms with Crippen LogP contribution in [0.15, 0.2) is 112 Å². The summed E-state index contributed by atoms with van der Waals surface area (Å²) in [5.74, 6) is -0.125. The first kappa shape index (κ1) is 34.5. The van der Waals surface area contributed by atoms with Crippen molar-refractivity contribution >= 4 is 43.5 Å². The standard InChI is InChI=1S/C35H38BrN3O6S/c1-4-21-37-35(41)32(23-26-11-6-5-7-12-26)38(24-27-13-10-14-28(36)22-27)34(40)25-39(31-15-8-9-16-33(31)45-3)46(42,43)30-19-17-29(44-2)18-20-30/h5-20,22,32H,4,21,23-25H2,1-3H3,(H,37,41). The number of carbonyl (C=O) groups excluding carboxylic acids is 2. The number of methoxy groups -OCH3 is 2. The fourth-order valence-corrected chi connectivity index (χ4v) is 6.85. The molecule has 0 fully saturated rings. The van der Waals surface area contributed by atoms with Crippen LogP contribution in [0.25, 0.3) is 0 Å². The van der Waals surface area contributed by atoms with Crippen LogP contribution in [0, 0.1) is 0 Å². The van der Waals surface area contributed by atoms with Gasteiger partial charge in [0.1, 0.15) is 24.1 Å². The van der Waals surface area contributed by atoms with E-state index in [1.807, 2.05) is 61.5 Å². The van der Waals surface area contributed by atoms with Crippen molar-refractivity contribution in [1.82, 2.24) is 10.2 Å². The number of nitrogens with zero attached hydrogens (tertiary/aromatic N) is 2. The molecule has 0 aliphatic rings. The van der Waals surface area contributed by atoms with Gasteiger partial charge in [0.15, 0.2) is 0 Å². The van der Waals surface area contributed by atoms with Gasteiger partial charge in [-0.2, -0.15) is 0 Å². The van der Waals surface area contributed by atoms with Crippen LogP contribution in [-0.4, -0.2) is 58.5 Å². The van der Waals surface area contributed by atoms with E-state index in [1.54, 1.807) is 36.4 Å². The number of amides is 2. The molecule has 2 amide bonds. The second kappa shape index (κ2) is 16.3. The SMILES string of the molecule is CCCNC(=O)C(Cc1ccccc1)N(Cc1cccc(Br)c1)C(=O)CN(c1ccccc1OC)S(=O)(=O)c1ccc(OC)cc1. The summed E-state index contributed by atoms with van der Waals surface area (Å²) < 4.78 is 41.1. The molecule has 0 saturated heterocycles. The van der Waals surface area contributed by atoms with E-state index in [0.717, 1.165) is 19.9 Å². The molecule has 0 aromatic heterocycles. The Morgan fingerprint density at radius 3 is 2.17 bits per heavy atom. The molecule has 0 saturated carbocycles. The monoisotopic (exact) mass is 707 g/mol. The highest BCUT2D eigenvalue weighted by atomic mass is 79.9. The summed E-state index contributed by atoms with van der Waals surface area (Å²) in [6.45, 7) is 1.86. The minimum atomic E-state index is -4.30. The Hall–Kier alpha value is -4.35. The molecule has 4 aromatic rings. The highest BCUT2D eigenvalue weighted by Crippen LogP contribution is 2.33. The van der Waals surface area contributed by atoms with E-state index in [-0.39, 0.29) is 35.2 Å². The number of halogens is 1. The molecule has 242 valence electrons. The number of benzene rings is 4. The molecule has 0 spiro atoms. The molecule has 0 aliphatic carbocycles. The van der Waals surface area contributed by atoms with E-state index in [4.69, 9.17) is 9.47 Å². The van der Waals surface area contributed by atoms with Gasteiger partial charge in [-0.1, -0.05) is 77.5 Å². The predicted molar refractivity (Wildman–Crippen MR) is 182 cm³/mol. The van der Waals surface area contributed by atoms with Crippen molar-refractivity contribution < 1.29 is 27.5 Å². The Bertz CT molecular complexity index is 1720. The fraction of sp³-hybridized carbons (Fsp3) is 0.257. The lowest BCUT2D eigenvalue weighted by Gasteiger charge is -2.34. The average Bonchev–Trinajstić information content (AvgIpc) is 3.08. The highest BCUT2D eigenvalue weighted by Gasteiger charge is 2.35. The first-order valence-corrected chi connectivity index (χ1v) is 17.1. The van der Waals surface area contributed by atoms with Crippen LogP contribution in [0.2, 0.25) is 0 Å². The molecule has 1 unspecified atom stereocenters. The molecular formula is C35H38BrN3O6S. The summed E-state index contributed by atoms with van der Waals surface area (Å²) >= 11 is 3.50. The van der Waals surface area contributed by atoms with Crippen molar-refractivity contribution in [2.24, 2.45) is 0 Å². The number of sulfonamides is 1. The molecule has 0 bridgehead atoms. The normalized spacial score (nSPS) is 11.7. The molecule has 4 aromatic carbocycles. The number of hydrogen-bond donors (Lipinski definition) is 1. The minimum Gasteiger partial charge on any atom is -0.497 e. The Labute approximate surface area is 279 Å². The number of ether oxygens (including phenoxy) is 2. The third-order valence-corrected chi connectivity index (χ3v) is 9.61. The number of para-hydroxylation sites is 2. The van der Waals surface area contributed by atoms with Crippen molar-refractivity contribution in [3.05, 3.63) is 119 Å². The number of hydrogen-bond acceptors (Lipinski definition) is 6. The van der Waals surface area contributed by atoms with Gasteiger partial charge in [0.25, 0.3) is 10.0 Å². The number of anilines is 1. The largest absolute Gasteiger partial charge is 0.497 e. The van der Waals surface area contributed by atoms with E-state index >= 15 is 0 Å².